The maximum absolute atomic E-state index is 13.7. The molecule has 1 heterocycles. The van der Waals surface area contributed by atoms with Gasteiger partial charge in [0.05, 0.1) is 16.9 Å². The minimum absolute atomic E-state index is 0.0729. The second-order valence-corrected chi connectivity index (χ2v) is 4.91. The van der Waals surface area contributed by atoms with Gasteiger partial charge in [-0.25, -0.2) is 4.39 Å². The fourth-order valence-electron chi connectivity index (χ4n) is 1.71. The molecular formula is C13H13FN2OS. The molecule has 0 bridgehead atoms. The van der Waals surface area contributed by atoms with E-state index in [0.29, 0.717) is 21.9 Å². The SMILES string of the molecule is CC(=O)c1c(C)nsc1Nc1ccc(C)cc1F. The highest BCUT2D eigenvalue weighted by molar-refractivity contribution is 7.10. The first-order valence-electron chi connectivity index (χ1n) is 5.49. The number of aromatic nitrogens is 1. The van der Waals surface area contributed by atoms with Gasteiger partial charge in [0.15, 0.2) is 5.78 Å². The molecule has 0 atom stereocenters. The monoisotopic (exact) mass is 264 g/mol. The zero-order valence-corrected chi connectivity index (χ0v) is 11.2. The Labute approximate surface area is 109 Å². The third-order valence-electron chi connectivity index (χ3n) is 2.59. The Hall–Kier alpha value is -1.75. The maximum Gasteiger partial charge on any atom is 0.164 e. The van der Waals surface area contributed by atoms with Crippen molar-refractivity contribution in [1.82, 2.24) is 4.37 Å². The van der Waals surface area contributed by atoms with Crippen LogP contribution in [0.1, 0.15) is 28.5 Å². The summed E-state index contributed by atoms with van der Waals surface area (Å²) in [6.07, 6.45) is 0. The molecule has 0 saturated heterocycles. The highest BCUT2D eigenvalue weighted by atomic mass is 32.1. The second-order valence-electron chi connectivity index (χ2n) is 4.14. The lowest BCUT2D eigenvalue weighted by molar-refractivity contribution is 0.101. The predicted molar refractivity (Wildman–Crippen MR) is 71.3 cm³/mol. The van der Waals surface area contributed by atoms with Crippen LogP contribution in [0.3, 0.4) is 0 Å². The molecule has 0 saturated carbocycles. The topological polar surface area (TPSA) is 42.0 Å². The van der Waals surface area contributed by atoms with Gasteiger partial charge in [-0.15, -0.1) is 0 Å². The molecule has 0 fully saturated rings. The number of benzene rings is 1. The average Bonchev–Trinajstić information content (AvgIpc) is 2.64. The largest absolute Gasteiger partial charge is 0.343 e. The number of Topliss-reactive ketones (excluding diaryl/α,β-unsaturated/α-hetero) is 1. The van der Waals surface area contributed by atoms with Crippen LogP contribution in [-0.4, -0.2) is 10.2 Å². The molecule has 0 unspecified atom stereocenters. The smallest absolute Gasteiger partial charge is 0.164 e. The number of hydrogen-bond donors (Lipinski definition) is 1. The molecule has 1 aromatic carbocycles. The average molecular weight is 264 g/mol. The summed E-state index contributed by atoms with van der Waals surface area (Å²) in [5.41, 5.74) is 2.40. The number of hydrogen-bond acceptors (Lipinski definition) is 4. The molecule has 5 heteroatoms. The number of carbonyl (C=O) groups is 1. The van der Waals surface area contributed by atoms with Crippen LogP contribution >= 0.6 is 11.5 Å². The summed E-state index contributed by atoms with van der Waals surface area (Å²) in [7, 11) is 0. The fraction of sp³-hybridized carbons (Fsp3) is 0.231. The van der Waals surface area contributed by atoms with E-state index >= 15 is 0 Å². The Bertz CT molecular complexity index is 607. The predicted octanol–water partition coefficient (Wildman–Crippen LogP) is 3.85. The van der Waals surface area contributed by atoms with Gasteiger partial charge in [-0.1, -0.05) is 6.07 Å². The highest BCUT2D eigenvalue weighted by Crippen LogP contribution is 2.29. The van der Waals surface area contributed by atoms with Gasteiger partial charge in [0.25, 0.3) is 0 Å². The molecule has 0 amide bonds. The summed E-state index contributed by atoms with van der Waals surface area (Å²) >= 11 is 1.16. The molecule has 1 N–H and O–H groups in total. The van der Waals surface area contributed by atoms with Crippen molar-refractivity contribution in [3.05, 3.63) is 40.8 Å². The van der Waals surface area contributed by atoms with E-state index in [9.17, 15) is 9.18 Å². The minimum Gasteiger partial charge on any atom is -0.343 e. The van der Waals surface area contributed by atoms with E-state index in [0.717, 1.165) is 17.1 Å². The van der Waals surface area contributed by atoms with E-state index in [1.807, 2.05) is 13.0 Å². The first kappa shape index (κ1) is 12.7. The van der Waals surface area contributed by atoms with Crippen LogP contribution in [0.25, 0.3) is 0 Å². The number of nitrogens with one attached hydrogen (secondary N) is 1. The lowest BCUT2D eigenvalue weighted by Crippen LogP contribution is -2.00. The van der Waals surface area contributed by atoms with Crippen LogP contribution in [-0.2, 0) is 0 Å². The summed E-state index contributed by atoms with van der Waals surface area (Å²) in [4.78, 5) is 11.5. The number of ketones is 1. The molecule has 3 nitrogen and oxygen atoms in total. The molecule has 1 aromatic heterocycles. The minimum atomic E-state index is -0.337. The van der Waals surface area contributed by atoms with Crippen LogP contribution < -0.4 is 5.32 Å². The number of rotatable bonds is 3. The maximum atomic E-state index is 13.7. The number of carbonyl (C=O) groups excluding carboxylic acids is 1. The van der Waals surface area contributed by atoms with Crippen molar-refractivity contribution in [2.75, 3.05) is 5.32 Å². The zero-order valence-electron chi connectivity index (χ0n) is 10.4. The van der Waals surface area contributed by atoms with Gasteiger partial charge < -0.3 is 5.32 Å². The Kier molecular flexibility index (Phi) is 3.43. The number of nitrogens with zero attached hydrogens (tertiary/aromatic N) is 1. The summed E-state index contributed by atoms with van der Waals surface area (Å²) in [6.45, 7) is 5.07. The van der Waals surface area contributed by atoms with E-state index in [4.69, 9.17) is 0 Å². The van der Waals surface area contributed by atoms with Crippen LogP contribution in [0.5, 0.6) is 0 Å². The van der Waals surface area contributed by atoms with Crippen LogP contribution in [0.15, 0.2) is 18.2 Å². The van der Waals surface area contributed by atoms with Gasteiger partial charge in [-0.3, -0.25) is 4.79 Å². The van der Waals surface area contributed by atoms with Crippen molar-refractivity contribution in [3.8, 4) is 0 Å². The normalized spacial score (nSPS) is 10.4. The zero-order chi connectivity index (χ0) is 13.3. The lowest BCUT2D eigenvalue weighted by atomic mass is 10.1. The Morgan fingerprint density at radius 1 is 1.39 bits per heavy atom. The quantitative estimate of drug-likeness (QED) is 0.856. The summed E-state index contributed by atoms with van der Waals surface area (Å²) in [6, 6.07) is 4.92. The van der Waals surface area contributed by atoms with Crippen LogP contribution in [0, 0.1) is 19.7 Å². The molecule has 0 aliphatic rings. The van der Waals surface area contributed by atoms with E-state index < -0.39 is 0 Å². The third-order valence-corrected chi connectivity index (χ3v) is 3.44. The number of halogens is 1. The summed E-state index contributed by atoms with van der Waals surface area (Å²) in [5.74, 6) is -0.410. The fourth-order valence-corrected chi connectivity index (χ4v) is 2.57. The van der Waals surface area contributed by atoms with Gasteiger partial charge in [-0.05, 0) is 50.0 Å². The highest BCUT2D eigenvalue weighted by Gasteiger charge is 2.15. The van der Waals surface area contributed by atoms with E-state index in [1.54, 1.807) is 13.0 Å². The molecule has 2 aromatic rings. The standard InChI is InChI=1S/C13H13FN2OS/c1-7-4-5-11(10(14)6-7)15-13-12(9(3)17)8(2)16-18-13/h4-6,15H,1-3H3. The van der Waals surface area contributed by atoms with Gasteiger partial charge in [0, 0.05) is 0 Å². The molecule has 18 heavy (non-hydrogen) atoms. The summed E-state index contributed by atoms with van der Waals surface area (Å²) < 4.78 is 17.8. The lowest BCUT2D eigenvalue weighted by Gasteiger charge is -2.07. The Balaban J connectivity index is 2.37. The van der Waals surface area contributed by atoms with Crippen molar-refractivity contribution in [2.45, 2.75) is 20.8 Å². The van der Waals surface area contributed by atoms with Gasteiger partial charge in [-0.2, -0.15) is 4.37 Å². The van der Waals surface area contributed by atoms with Crippen LogP contribution in [0.2, 0.25) is 0 Å². The molecule has 0 aliphatic heterocycles. The van der Waals surface area contributed by atoms with Gasteiger partial charge in [0.2, 0.25) is 0 Å². The first-order chi connectivity index (χ1) is 8.49. The number of aryl methyl sites for hydroxylation is 2. The van der Waals surface area contributed by atoms with Crippen molar-refractivity contribution in [3.63, 3.8) is 0 Å². The van der Waals surface area contributed by atoms with Crippen molar-refractivity contribution in [2.24, 2.45) is 0 Å². The molecule has 94 valence electrons. The first-order valence-corrected chi connectivity index (χ1v) is 6.26. The van der Waals surface area contributed by atoms with E-state index in [2.05, 4.69) is 9.69 Å². The molecule has 0 spiro atoms. The van der Waals surface area contributed by atoms with Crippen LogP contribution in [0.4, 0.5) is 15.1 Å². The van der Waals surface area contributed by atoms with Crippen molar-refractivity contribution >= 4 is 28.0 Å². The summed E-state index contributed by atoms with van der Waals surface area (Å²) in [5, 5.41) is 3.52. The Morgan fingerprint density at radius 2 is 2.11 bits per heavy atom. The molecular weight excluding hydrogens is 251 g/mol. The van der Waals surface area contributed by atoms with Gasteiger partial charge >= 0.3 is 0 Å². The van der Waals surface area contributed by atoms with Crippen molar-refractivity contribution in [1.29, 1.82) is 0 Å². The van der Waals surface area contributed by atoms with E-state index in [1.165, 1.54) is 13.0 Å². The van der Waals surface area contributed by atoms with Crippen molar-refractivity contribution < 1.29 is 9.18 Å². The third kappa shape index (κ3) is 2.41. The number of anilines is 2. The molecule has 0 aliphatic carbocycles. The molecule has 2 rings (SSSR count). The molecule has 0 radical (unpaired) electrons. The second kappa shape index (κ2) is 4.86. The Morgan fingerprint density at radius 3 is 2.72 bits per heavy atom. The van der Waals surface area contributed by atoms with Gasteiger partial charge in [0.1, 0.15) is 10.8 Å². The van der Waals surface area contributed by atoms with E-state index in [-0.39, 0.29) is 11.6 Å².